The zero-order valence-electron chi connectivity index (χ0n) is 17.0. The molecule has 3 rings (SSSR count). The highest BCUT2D eigenvalue weighted by Gasteiger charge is 2.32. The van der Waals surface area contributed by atoms with Crippen molar-refractivity contribution in [2.75, 3.05) is 5.32 Å². The number of nitrogens with one attached hydrogen (secondary N) is 1. The lowest BCUT2D eigenvalue weighted by molar-refractivity contribution is -0.122. The Bertz CT molecular complexity index is 874. The smallest absolute Gasteiger partial charge is 0.266 e. The third kappa shape index (κ3) is 4.39. The Hall–Kier alpha value is -2.32. The van der Waals surface area contributed by atoms with E-state index in [1.54, 1.807) is 11.3 Å². The van der Waals surface area contributed by atoms with Gasteiger partial charge in [0, 0.05) is 4.88 Å². The summed E-state index contributed by atoms with van der Waals surface area (Å²) in [7, 11) is 0. The number of nitriles is 1. The summed E-state index contributed by atoms with van der Waals surface area (Å²) in [6.07, 6.45) is 2.94. The Morgan fingerprint density at radius 2 is 2.07 bits per heavy atom. The summed E-state index contributed by atoms with van der Waals surface area (Å²) >= 11 is 1.56. The molecule has 4 nitrogen and oxygen atoms in total. The van der Waals surface area contributed by atoms with Crippen molar-refractivity contribution in [3.8, 4) is 11.8 Å². The molecule has 1 aliphatic rings. The summed E-state index contributed by atoms with van der Waals surface area (Å²) in [5, 5.41) is 13.4. The van der Waals surface area contributed by atoms with Crippen molar-refractivity contribution in [1.82, 2.24) is 0 Å². The van der Waals surface area contributed by atoms with Gasteiger partial charge in [-0.1, -0.05) is 45.9 Å². The molecular weight excluding hydrogens is 368 g/mol. The van der Waals surface area contributed by atoms with Crippen LogP contribution in [0.3, 0.4) is 0 Å². The zero-order chi connectivity index (χ0) is 20.3. The summed E-state index contributed by atoms with van der Waals surface area (Å²) in [4.78, 5) is 14.1. The number of hydrogen-bond acceptors (Lipinski definition) is 4. The Kier molecular flexibility index (Phi) is 6.10. The number of amides is 1. The standard InChI is InChI=1S/C23H28N2O2S/c1-5-19(27-16-9-7-6-8-10-16)21(26)25-22-18(14-24)17-12-11-15(23(2,3)4)13-20(17)28-22/h6-10,15,19H,5,11-13H2,1-4H3,(H,25,26)/t15-,19+/m0/s1. The van der Waals surface area contributed by atoms with E-state index in [4.69, 9.17) is 4.74 Å². The number of para-hydroxylation sites is 1. The second-order valence-electron chi connectivity index (χ2n) is 8.44. The normalized spacial score (nSPS) is 17.3. The number of rotatable bonds is 5. The van der Waals surface area contributed by atoms with Gasteiger partial charge in [-0.2, -0.15) is 5.26 Å². The third-order valence-electron chi connectivity index (χ3n) is 5.52. The fraction of sp³-hybridized carbons (Fsp3) is 0.478. The number of nitrogens with zero attached hydrogens (tertiary/aromatic N) is 1. The Morgan fingerprint density at radius 3 is 2.68 bits per heavy atom. The molecule has 1 aromatic carbocycles. The molecule has 0 fully saturated rings. The average Bonchev–Trinajstić information content (AvgIpc) is 3.02. The van der Waals surface area contributed by atoms with Gasteiger partial charge in [-0.3, -0.25) is 4.79 Å². The van der Waals surface area contributed by atoms with Gasteiger partial charge in [-0.05, 0) is 54.7 Å². The number of benzene rings is 1. The molecule has 0 unspecified atom stereocenters. The van der Waals surface area contributed by atoms with Gasteiger partial charge in [-0.15, -0.1) is 11.3 Å². The molecule has 0 saturated carbocycles. The number of anilines is 1. The number of carbonyl (C=O) groups excluding carboxylic acids is 1. The van der Waals surface area contributed by atoms with Gasteiger partial charge < -0.3 is 10.1 Å². The van der Waals surface area contributed by atoms with E-state index in [2.05, 4.69) is 32.2 Å². The van der Waals surface area contributed by atoms with Gasteiger partial charge in [0.15, 0.2) is 6.10 Å². The monoisotopic (exact) mass is 396 g/mol. The van der Waals surface area contributed by atoms with E-state index in [1.165, 1.54) is 4.88 Å². The summed E-state index contributed by atoms with van der Waals surface area (Å²) in [6, 6.07) is 11.7. The molecule has 0 radical (unpaired) electrons. The highest BCUT2D eigenvalue weighted by Crippen LogP contribution is 2.44. The molecule has 2 atom stereocenters. The molecule has 1 N–H and O–H groups in total. The zero-order valence-corrected chi connectivity index (χ0v) is 17.9. The molecule has 0 bridgehead atoms. The third-order valence-corrected chi connectivity index (χ3v) is 6.69. The first-order valence-electron chi connectivity index (χ1n) is 9.90. The van der Waals surface area contributed by atoms with Crippen LogP contribution in [0.25, 0.3) is 0 Å². The van der Waals surface area contributed by atoms with Crippen LogP contribution in [0.4, 0.5) is 5.00 Å². The molecule has 0 spiro atoms. The van der Waals surface area contributed by atoms with Crippen LogP contribution in [0.15, 0.2) is 30.3 Å². The fourth-order valence-electron chi connectivity index (χ4n) is 3.71. The molecule has 1 aliphatic carbocycles. The summed E-state index contributed by atoms with van der Waals surface area (Å²) in [5.41, 5.74) is 2.00. The number of hydrogen-bond donors (Lipinski definition) is 1. The van der Waals surface area contributed by atoms with Crippen LogP contribution in [0.2, 0.25) is 0 Å². The average molecular weight is 397 g/mol. The van der Waals surface area contributed by atoms with Gasteiger partial charge in [-0.25, -0.2) is 0 Å². The molecule has 1 heterocycles. The molecule has 28 heavy (non-hydrogen) atoms. The van der Waals surface area contributed by atoms with E-state index >= 15 is 0 Å². The predicted octanol–water partition coefficient (Wildman–Crippen LogP) is 5.57. The van der Waals surface area contributed by atoms with Crippen LogP contribution in [-0.2, 0) is 17.6 Å². The highest BCUT2D eigenvalue weighted by atomic mass is 32.1. The van der Waals surface area contributed by atoms with Gasteiger partial charge in [0.25, 0.3) is 5.91 Å². The second-order valence-corrected chi connectivity index (χ2v) is 9.55. The largest absolute Gasteiger partial charge is 0.481 e. The number of ether oxygens (including phenoxy) is 1. The SMILES string of the molecule is CC[C@@H](Oc1ccccc1)C(=O)Nc1sc2c(c1C#N)CC[C@H](C(C)(C)C)C2. The quantitative estimate of drug-likeness (QED) is 0.719. The van der Waals surface area contributed by atoms with Crippen LogP contribution in [0.5, 0.6) is 5.75 Å². The minimum Gasteiger partial charge on any atom is -0.481 e. The van der Waals surface area contributed by atoms with E-state index in [0.717, 1.165) is 24.8 Å². The lowest BCUT2D eigenvalue weighted by Gasteiger charge is -2.33. The molecule has 0 aliphatic heterocycles. The Labute approximate surface area is 171 Å². The molecule has 1 aromatic heterocycles. The molecule has 0 saturated heterocycles. The lowest BCUT2D eigenvalue weighted by Crippen LogP contribution is -2.32. The van der Waals surface area contributed by atoms with Crippen molar-refractivity contribution < 1.29 is 9.53 Å². The predicted molar refractivity (Wildman–Crippen MR) is 114 cm³/mol. The summed E-state index contributed by atoms with van der Waals surface area (Å²) in [6.45, 7) is 8.75. The maximum absolute atomic E-state index is 12.8. The van der Waals surface area contributed by atoms with Crippen molar-refractivity contribution in [2.24, 2.45) is 11.3 Å². The fourth-order valence-corrected chi connectivity index (χ4v) is 4.99. The van der Waals surface area contributed by atoms with Crippen molar-refractivity contribution in [3.05, 3.63) is 46.3 Å². The first kappa shape index (κ1) is 20.4. The second kappa shape index (κ2) is 8.36. The number of thiophene rings is 1. The van der Waals surface area contributed by atoms with Crippen LogP contribution in [-0.4, -0.2) is 12.0 Å². The number of carbonyl (C=O) groups is 1. The first-order valence-corrected chi connectivity index (χ1v) is 10.7. The Morgan fingerprint density at radius 1 is 1.36 bits per heavy atom. The maximum atomic E-state index is 12.8. The first-order chi connectivity index (χ1) is 13.3. The van der Waals surface area contributed by atoms with Crippen molar-refractivity contribution in [3.63, 3.8) is 0 Å². The Balaban J connectivity index is 1.78. The molecular formula is C23H28N2O2S. The molecule has 1 amide bonds. The lowest BCUT2D eigenvalue weighted by atomic mass is 9.72. The van der Waals surface area contributed by atoms with Crippen LogP contribution in [0.1, 0.15) is 56.5 Å². The van der Waals surface area contributed by atoms with Crippen LogP contribution < -0.4 is 10.1 Å². The van der Waals surface area contributed by atoms with Crippen LogP contribution in [0, 0.1) is 22.7 Å². The van der Waals surface area contributed by atoms with E-state index < -0.39 is 6.10 Å². The van der Waals surface area contributed by atoms with Crippen LogP contribution >= 0.6 is 11.3 Å². The molecule has 148 valence electrons. The van der Waals surface area contributed by atoms with Crippen molar-refractivity contribution >= 4 is 22.2 Å². The van der Waals surface area contributed by atoms with Gasteiger partial charge in [0.1, 0.15) is 16.8 Å². The minimum atomic E-state index is -0.588. The van der Waals surface area contributed by atoms with Gasteiger partial charge in [0.2, 0.25) is 0 Å². The summed E-state index contributed by atoms with van der Waals surface area (Å²) in [5.74, 6) is 1.07. The van der Waals surface area contributed by atoms with E-state index in [-0.39, 0.29) is 11.3 Å². The minimum absolute atomic E-state index is 0.200. The van der Waals surface area contributed by atoms with Gasteiger partial charge >= 0.3 is 0 Å². The van der Waals surface area contributed by atoms with E-state index in [1.807, 2.05) is 37.3 Å². The number of fused-ring (bicyclic) bond motifs is 1. The topological polar surface area (TPSA) is 62.1 Å². The van der Waals surface area contributed by atoms with Gasteiger partial charge in [0.05, 0.1) is 5.56 Å². The molecule has 5 heteroatoms. The van der Waals surface area contributed by atoms with Crippen molar-refractivity contribution in [2.45, 2.75) is 59.5 Å². The van der Waals surface area contributed by atoms with Crippen molar-refractivity contribution in [1.29, 1.82) is 5.26 Å². The summed E-state index contributed by atoms with van der Waals surface area (Å²) < 4.78 is 5.84. The highest BCUT2D eigenvalue weighted by molar-refractivity contribution is 7.16. The maximum Gasteiger partial charge on any atom is 0.266 e. The van der Waals surface area contributed by atoms with E-state index in [9.17, 15) is 10.1 Å². The van der Waals surface area contributed by atoms with E-state index in [0.29, 0.717) is 28.7 Å². The molecule has 2 aromatic rings.